The molecule has 0 spiro atoms. The van der Waals surface area contributed by atoms with E-state index >= 15 is 0 Å². The first-order valence-corrected chi connectivity index (χ1v) is 8.07. The number of nitrogens with one attached hydrogen (secondary N) is 1. The Morgan fingerprint density at radius 3 is 2.53 bits per heavy atom. The first-order valence-electron chi connectivity index (χ1n) is 5.50. The van der Waals surface area contributed by atoms with Gasteiger partial charge in [0.05, 0.1) is 5.75 Å². The Kier molecular flexibility index (Phi) is 5.06. The van der Waals surface area contributed by atoms with Crippen LogP contribution in [0, 0.1) is 11.8 Å². The molecule has 1 saturated carbocycles. The third-order valence-corrected chi connectivity index (χ3v) is 5.17. The van der Waals surface area contributed by atoms with Gasteiger partial charge in [0.1, 0.15) is 0 Å². The first kappa shape index (κ1) is 13.5. The largest absolute Gasteiger partial charge is 0.215 e. The van der Waals surface area contributed by atoms with Gasteiger partial charge in [0, 0.05) is 11.4 Å². The van der Waals surface area contributed by atoms with E-state index in [9.17, 15) is 8.42 Å². The molecule has 0 aromatic heterocycles. The molecule has 0 saturated heterocycles. The molecule has 90 valence electrons. The van der Waals surface area contributed by atoms with Crippen molar-refractivity contribution in [2.45, 2.75) is 37.9 Å². The van der Waals surface area contributed by atoms with E-state index in [0.29, 0.717) is 17.3 Å². The summed E-state index contributed by atoms with van der Waals surface area (Å²) in [5, 5.41) is 0. The molecule has 1 rings (SSSR count). The highest BCUT2D eigenvalue weighted by molar-refractivity contribution is 9.09. The summed E-state index contributed by atoms with van der Waals surface area (Å²) in [5.74, 6) is 0.934. The molecule has 1 fully saturated rings. The predicted molar refractivity (Wildman–Crippen MR) is 66.7 cm³/mol. The van der Waals surface area contributed by atoms with E-state index < -0.39 is 10.0 Å². The fraction of sp³-hybridized carbons (Fsp3) is 1.00. The molecule has 2 atom stereocenters. The summed E-state index contributed by atoms with van der Waals surface area (Å²) in [7, 11) is -3.05. The molecular weight excluding hydrogens is 278 g/mol. The van der Waals surface area contributed by atoms with Gasteiger partial charge in [0.25, 0.3) is 0 Å². The van der Waals surface area contributed by atoms with Crippen molar-refractivity contribution < 1.29 is 8.42 Å². The zero-order valence-corrected chi connectivity index (χ0v) is 11.8. The van der Waals surface area contributed by atoms with Gasteiger partial charge < -0.3 is 0 Å². The molecule has 0 bridgehead atoms. The standard InChI is InChI=1S/C10H20BrNO2S/c1-8(2)7-15(13,14)12-6-9-3-4-10(11)5-9/h8-10,12H,3-7H2,1-2H3. The summed E-state index contributed by atoms with van der Waals surface area (Å²) in [6.07, 6.45) is 3.38. The van der Waals surface area contributed by atoms with Crippen LogP contribution in [0.3, 0.4) is 0 Å². The molecule has 3 nitrogen and oxygen atoms in total. The molecule has 0 amide bonds. The minimum absolute atomic E-state index is 0.190. The molecule has 15 heavy (non-hydrogen) atoms. The predicted octanol–water partition coefficient (Wildman–Crippen LogP) is 2.13. The number of sulfonamides is 1. The molecule has 1 N–H and O–H groups in total. The van der Waals surface area contributed by atoms with Crippen LogP contribution in [0.15, 0.2) is 0 Å². The second kappa shape index (κ2) is 5.64. The van der Waals surface area contributed by atoms with Crippen LogP contribution in [0.2, 0.25) is 0 Å². The van der Waals surface area contributed by atoms with Crippen LogP contribution in [-0.4, -0.2) is 25.5 Å². The van der Waals surface area contributed by atoms with Crippen LogP contribution >= 0.6 is 15.9 Å². The van der Waals surface area contributed by atoms with Crippen molar-refractivity contribution in [1.29, 1.82) is 0 Å². The Morgan fingerprint density at radius 1 is 1.40 bits per heavy atom. The highest BCUT2D eigenvalue weighted by Crippen LogP contribution is 2.30. The normalized spacial score (nSPS) is 27.5. The average Bonchev–Trinajstić information content (AvgIpc) is 2.46. The van der Waals surface area contributed by atoms with Crippen LogP contribution < -0.4 is 4.72 Å². The van der Waals surface area contributed by atoms with Crippen LogP contribution in [-0.2, 0) is 10.0 Å². The summed E-state index contributed by atoms with van der Waals surface area (Å²) in [4.78, 5) is 0.581. The SMILES string of the molecule is CC(C)CS(=O)(=O)NCC1CCC(Br)C1. The van der Waals surface area contributed by atoms with Crippen molar-refractivity contribution in [3.8, 4) is 0 Å². The molecule has 0 radical (unpaired) electrons. The summed E-state index contributed by atoms with van der Waals surface area (Å²) >= 11 is 3.56. The second-order valence-electron chi connectivity index (χ2n) is 4.80. The molecular formula is C10H20BrNO2S. The Labute approximate surface area is 101 Å². The van der Waals surface area contributed by atoms with Crippen LogP contribution in [0.1, 0.15) is 33.1 Å². The average molecular weight is 298 g/mol. The van der Waals surface area contributed by atoms with E-state index in [-0.39, 0.29) is 11.7 Å². The monoisotopic (exact) mass is 297 g/mol. The van der Waals surface area contributed by atoms with E-state index in [1.807, 2.05) is 13.8 Å². The third kappa shape index (κ3) is 5.31. The lowest BCUT2D eigenvalue weighted by atomic mass is 10.1. The van der Waals surface area contributed by atoms with E-state index in [0.717, 1.165) is 19.3 Å². The lowest BCUT2D eigenvalue weighted by Crippen LogP contribution is -2.32. The molecule has 0 aromatic rings. The maximum atomic E-state index is 11.6. The van der Waals surface area contributed by atoms with E-state index in [4.69, 9.17) is 0 Å². The van der Waals surface area contributed by atoms with Gasteiger partial charge in [-0.05, 0) is 31.1 Å². The summed E-state index contributed by atoms with van der Waals surface area (Å²) in [5.41, 5.74) is 0. The van der Waals surface area contributed by atoms with Gasteiger partial charge in [0.15, 0.2) is 0 Å². The molecule has 0 heterocycles. The van der Waals surface area contributed by atoms with Gasteiger partial charge in [0.2, 0.25) is 10.0 Å². The fourth-order valence-electron chi connectivity index (χ4n) is 1.94. The smallest absolute Gasteiger partial charge is 0.211 e. The molecule has 0 aliphatic heterocycles. The Bertz CT molecular complexity index is 290. The van der Waals surface area contributed by atoms with E-state index in [2.05, 4.69) is 20.7 Å². The van der Waals surface area contributed by atoms with Crippen LogP contribution in [0.5, 0.6) is 0 Å². The van der Waals surface area contributed by atoms with Crippen molar-refractivity contribution in [3.05, 3.63) is 0 Å². The molecule has 0 aromatic carbocycles. The second-order valence-corrected chi connectivity index (χ2v) is 7.95. The lowest BCUT2D eigenvalue weighted by Gasteiger charge is -2.12. The lowest BCUT2D eigenvalue weighted by molar-refractivity contribution is 0.516. The first-order chi connectivity index (χ1) is 6.89. The van der Waals surface area contributed by atoms with Gasteiger partial charge in [-0.3, -0.25) is 0 Å². The highest BCUT2D eigenvalue weighted by Gasteiger charge is 2.24. The molecule has 2 unspecified atom stereocenters. The van der Waals surface area contributed by atoms with Gasteiger partial charge in [-0.1, -0.05) is 29.8 Å². The zero-order valence-electron chi connectivity index (χ0n) is 9.37. The van der Waals surface area contributed by atoms with Gasteiger partial charge in [-0.15, -0.1) is 0 Å². The summed E-state index contributed by atoms with van der Waals surface area (Å²) in [6.45, 7) is 4.45. The quantitative estimate of drug-likeness (QED) is 0.790. The fourth-order valence-corrected chi connectivity index (χ4v) is 4.22. The van der Waals surface area contributed by atoms with Crippen molar-refractivity contribution in [1.82, 2.24) is 4.72 Å². The third-order valence-electron chi connectivity index (χ3n) is 2.62. The number of hydrogen-bond donors (Lipinski definition) is 1. The van der Waals surface area contributed by atoms with Crippen LogP contribution in [0.25, 0.3) is 0 Å². The molecule has 1 aliphatic carbocycles. The van der Waals surface area contributed by atoms with Crippen molar-refractivity contribution in [2.24, 2.45) is 11.8 Å². The Balaban J connectivity index is 2.30. The van der Waals surface area contributed by atoms with Crippen molar-refractivity contribution >= 4 is 26.0 Å². The summed E-state index contributed by atoms with van der Waals surface area (Å²) < 4.78 is 25.8. The zero-order chi connectivity index (χ0) is 11.5. The number of hydrogen-bond acceptors (Lipinski definition) is 2. The van der Waals surface area contributed by atoms with Crippen LogP contribution in [0.4, 0.5) is 0 Å². The topological polar surface area (TPSA) is 46.2 Å². The maximum Gasteiger partial charge on any atom is 0.211 e. The minimum Gasteiger partial charge on any atom is -0.215 e. The van der Waals surface area contributed by atoms with E-state index in [1.54, 1.807) is 0 Å². The molecule has 1 aliphatic rings. The number of halogens is 1. The molecule has 5 heteroatoms. The minimum atomic E-state index is -3.05. The van der Waals surface area contributed by atoms with Gasteiger partial charge in [-0.2, -0.15) is 0 Å². The van der Waals surface area contributed by atoms with Gasteiger partial charge in [-0.25, -0.2) is 13.1 Å². The summed E-state index contributed by atoms with van der Waals surface area (Å²) in [6, 6.07) is 0. The highest BCUT2D eigenvalue weighted by atomic mass is 79.9. The maximum absolute atomic E-state index is 11.6. The Morgan fingerprint density at radius 2 is 2.07 bits per heavy atom. The van der Waals surface area contributed by atoms with Crippen molar-refractivity contribution in [3.63, 3.8) is 0 Å². The van der Waals surface area contributed by atoms with E-state index in [1.165, 1.54) is 0 Å². The Hall–Kier alpha value is 0.390. The van der Waals surface area contributed by atoms with Crippen molar-refractivity contribution in [2.75, 3.05) is 12.3 Å². The van der Waals surface area contributed by atoms with Gasteiger partial charge >= 0.3 is 0 Å². The number of alkyl halides is 1. The number of rotatable bonds is 5.